The van der Waals surface area contributed by atoms with E-state index in [-0.39, 0.29) is 10.6 Å². The van der Waals surface area contributed by atoms with Crippen LogP contribution in [0.4, 0.5) is 17.5 Å². The maximum Gasteiger partial charge on any atom is 0.229 e. The molecule has 0 amide bonds. The number of morpholine rings is 1. The van der Waals surface area contributed by atoms with Crippen LogP contribution >= 0.6 is 15.9 Å². The molecule has 1 aliphatic heterocycles. The molecular formula is C18H24BrN5O4S. The van der Waals surface area contributed by atoms with Crippen molar-refractivity contribution in [3.05, 3.63) is 34.9 Å². The molecular weight excluding hydrogens is 462 g/mol. The average Bonchev–Trinajstić information content (AvgIpc) is 2.71. The van der Waals surface area contributed by atoms with E-state index in [0.717, 1.165) is 43.9 Å². The topological polar surface area (TPSA) is 117 Å². The van der Waals surface area contributed by atoms with Crippen LogP contribution in [0.2, 0.25) is 0 Å². The van der Waals surface area contributed by atoms with Crippen LogP contribution in [0.1, 0.15) is 0 Å². The lowest BCUT2D eigenvalue weighted by molar-refractivity contribution is 0.0398. The second-order valence-corrected chi connectivity index (χ2v) is 9.43. The highest BCUT2D eigenvalue weighted by Crippen LogP contribution is 2.23. The predicted molar refractivity (Wildman–Crippen MR) is 114 cm³/mol. The molecule has 0 unspecified atom stereocenters. The van der Waals surface area contributed by atoms with Gasteiger partial charge < -0.3 is 20.5 Å². The predicted octanol–water partition coefficient (Wildman–Crippen LogP) is 1.49. The molecule has 0 aliphatic carbocycles. The van der Waals surface area contributed by atoms with E-state index in [1.54, 1.807) is 18.3 Å². The largest absolute Gasteiger partial charge is 0.395 e. The SMILES string of the molecule is O=S(=O)(CCO)c1cccc(Nc2ncc(Br)c(NCCN3CCOCC3)n2)c1. The Morgan fingerprint density at radius 2 is 2.07 bits per heavy atom. The van der Waals surface area contributed by atoms with Crippen LogP contribution in [0.3, 0.4) is 0 Å². The Kier molecular flexibility index (Phi) is 7.78. The third-order valence-corrected chi connectivity index (χ3v) is 6.65. The number of hydrogen-bond acceptors (Lipinski definition) is 9. The van der Waals surface area contributed by atoms with Crippen molar-refractivity contribution in [2.24, 2.45) is 0 Å². The first-order valence-electron chi connectivity index (χ1n) is 9.25. The number of anilines is 3. The molecule has 9 nitrogen and oxygen atoms in total. The Bertz CT molecular complexity index is 922. The van der Waals surface area contributed by atoms with Gasteiger partial charge in [0.05, 0.1) is 34.9 Å². The first-order valence-corrected chi connectivity index (χ1v) is 11.7. The molecule has 0 bridgehead atoms. The first-order chi connectivity index (χ1) is 14.0. The molecule has 1 aromatic heterocycles. The molecule has 3 N–H and O–H groups in total. The number of sulfone groups is 1. The maximum atomic E-state index is 12.1. The summed E-state index contributed by atoms with van der Waals surface area (Å²) >= 11 is 3.45. The van der Waals surface area contributed by atoms with Crippen molar-refractivity contribution in [2.75, 3.05) is 62.4 Å². The summed E-state index contributed by atoms with van der Waals surface area (Å²) < 4.78 is 30.4. The quantitative estimate of drug-likeness (QED) is 0.485. The van der Waals surface area contributed by atoms with Crippen LogP contribution in [0.25, 0.3) is 0 Å². The Balaban J connectivity index is 1.65. The second kappa shape index (κ2) is 10.3. The van der Waals surface area contributed by atoms with Crippen LogP contribution in [0, 0.1) is 0 Å². The molecule has 158 valence electrons. The number of halogens is 1. The summed E-state index contributed by atoms with van der Waals surface area (Å²) in [6.45, 7) is 4.56. The summed E-state index contributed by atoms with van der Waals surface area (Å²) in [5, 5.41) is 15.3. The number of benzene rings is 1. The first kappa shape index (κ1) is 21.9. The summed E-state index contributed by atoms with van der Waals surface area (Å²) in [6, 6.07) is 6.36. The van der Waals surface area contributed by atoms with Crippen molar-refractivity contribution in [1.82, 2.24) is 14.9 Å². The zero-order valence-electron chi connectivity index (χ0n) is 15.8. The third-order valence-electron chi connectivity index (χ3n) is 4.38. The van der Waals surface area contributed by atoms with Gasteiger partial charge in [0.2, 0.25) is 5.95 Å². The molecule has 11 heteroatoms. The van der Waals surface area contributed by atoms with Crippen molar-refractivity contribution >= 4 is 43.2 Å². The van der Waals surface area contributed by atoms with E-state index < -0.39 is 16.4 Å². The minimum Gasteiger partial charge on any atom is -0.395 e. The van der Waals surface area contributed by atoms with Crippen molar-refractivity contribution in [3.63, 3.8) is 0 Å². The highest BCUT2D eigenvalue weighted by Gasteiger charge is 2.15. The summed E-state index contributed by atoms with van der Waals surface area (Å²) in [7, 11) is -3.53. The molecule has 1 fully saturated rings. The number of aliphatic hydroxyl groups is 1. The van der Waals surface area contributed by atoms with Crippen molar-refractivity contribution < 1.29 is 18.3 Å². The standard InChI is InChI=1S/C18H24BrN5O4S/c19-16-13-21-18(23-17(16)20-4-5-24-6-9-28-10-7-24)22-14-2-1-3-15(12-14)29(26,27)11-8-25/h1-3,12-13,25H,4-11H2,(H2,20,21,22,23). The van der Waals surface area contributed by atoms with Gasteiger partial charge in [0.25, 0.3) is 0 Å². The second-order valence-electron chi connectivity index (χ2n) is 6.47. The number of ether oxygens (including phenoxy) is 1. The summed E-state index contributed by atoms with van der Waals surface area (Å²) in [4.78, 5) is 11.2. The van der Waals surface area contributed by atoms with Gasteiger partial charge in [-0.3, -0.25) is 4.90 Å². The van der Waals surface area contributed by atoms with E-state index >= 15 is 0 Å². The number of hydrogen-bond donors (Lipinski definition) is 3. The minimum atomic E-state index is -3.53. The number of nitrogens with zero attached hydrogens (tertiary/aromatic N) is 3. The van der Waals surface area contributed by atoms with Crippen molar-refractivity contribution in [2.45, 2.75) is 4.90 Å². The molecule has 0 atom stereocenters. The lowest BCUT2D eigenvalue weighted by atomic mass is 10.3. The van der Waals surface area contributed by atoms with Crippen LogP contribution in [-0.4, -0.2) is 80.1 Å². The van der Waals surface area contributed by atoms with Gasteiger partial charge in [-0.2, -0.15) is 4.98 Å². The van der Waals surface area contributed by atoms with Gasteiger partial charge in [0.1, 0.15) is 5.82 Å². The van der Waals surface area contributed by atoms with Crippen molar-refractivity contribution in [3.8, 4) is 0 Å². The fourth-order valence-corrected chi connectivity index (χ4v) is 4.24. The van der Waals surface area contributed by atoms with Gasteiger partial charge in [-0.25, -0.2) is 13.4 Å². The Morgan fingerprint density at radius 3 is 2.83 bits per heavy atom. The fraction of sp³-hybridized carbons (Fsp3) is 0.444. The van der Waals surface area contributed by atoms with Crippen LogP contribution in [0.5, 0.6) is 0 Å². The molecule has 2 heterocycles. The van der Waals surface area contributed by atoms with E-state index in [9.17, 15) is 8.42 Å². The zero-order valence-corrected chi connectivity index (χ0v) is 18.2. The molecule has 1 saturated heterocycles. The van der Waals surface area contributed by atoms with Crippen LogP contribution in [0.15, 0.2) is 39.8 Å². The highest BCUT2D eigenvalue weighted by atomic mass is 79.9. The lowest BCUT2D eigenvalue weighted by Crippen LogP contribution is -2.39. The van der Waals surface area contributed by atoms with Gasteiger partial charge >= 0.3 is 0 Å². The lowest BCUT2D eigenvalue weighted by Gasteiger charge is -2.26. The molecule has 3 rings (SSSR count). The van der Waals surface area contributed by atoms with Gasteiger partial charge in [-0.15, -0.1) is 0 Å². The Hall–Kier alpha value is -1.79. The minimum absolute atomic E-state index is 0.137. The molecule has 0 saturated carbocycles. The monoisotopic (exact) mass is 485 g/mol. The third kappa shape index (κ3) is 6.34. The number of aliphatic hydroxyl groups excluding tert-OH is 1. The van der Waals surface area contributed by atoms with E-state index in [1.807, 2.05) is 0 Å². The molecule has 0 radical (unpaired) electrons. The smallest absolute Gasteiger partial charge is 0.229 e. The molecule has 29 heavy (non-hydrogen) atoms. The molecule has 0 spiro atoms. The summed E-state index contributed by atoms with van der Waals surface area (Å²) in [6.07, 6.45) is 1.64. The summed E-state index contributed by atoms with van der Waals surface area (Å²) in [5.41, 5.74) is 0.547. The van der Waals surface area contributed by atoms with Crippen molar-refractivity contribution in [1.29, 1.82) is 0 Å². The van der Waals surface area contributed by atoms with Gasteiger partial charge in [-0.1, -0.05) is 6.07 Å². The van der Waals surface area contributed by atoms with E-state index in [4.69, 9.17) is 9.84 Å². The van der Waals surface area contributed by atoms with E-state index in [2.05, 4.69) is 41.4 Å². The Labute approximate surface area is 178 Å². The number of nitrogens with one attached hydrogen (secondary N) is 2. The van der Waals surface area contributed by atoms with Gasteiger partial charge in [0.15, 0.2) is 9.84 Å². The summed E-state index contributed by atoms with van der Waals surface area (Å²) in [5.74, 6) is 0.682. The van der Waals surface area contributed by atoms with Crippen LogP contribution in [-0.2, 0) is 14.6 Å². The van der Waals surface area contributed by atoms with E-state index in [0.29, 0.717) is 17.5 Å². The Morgan fingerprint density at radius 1 is 1.28 bits per heavy atom. The zero-order chi connectivity index (χ0) is 20.7. The van der Waals surface area contributed by atoms with E-state index in [1.165, 1.54) is 12.1 Å². The fourth-order valence-electron chi connectivity index (χ4n) is 2.84. The number of rotatable bonds is 9. The van der Waals surface area contributed by atoms with Crippen LogP contribution < -0.4 is 10.6 Å². The molecule has 1 aromatic carbocycles. The normalized spacial score (nSPS) is 15.2. The molecule has 2 aromatic rings. The maximum absolute atomic E-state index is 12.1. The average molecular weight is 486 g/mol. The molecule has 1 aliphatic rings. The van der Waals surface area contributed by atoms with Gasteiger partial charge in [-0.05, 0) is 34.1 Å². The highest BCUT2D eigenvalue weighted by molar-refractivity contribution is 9.10. The van der Waals surface area contributed by atoms with Gasteiger partial charge in [0, 0.05) is 38.1 Å². The number of aromatic nitrogens is 2.